The smallest absolute Gasteiger partial charge is 0.324 e. The Bertz CT molecular complexity index is 674. The maximum Gasteiger partial charge on any atom is 0.324 e. The molecule has 0 spiro atoms. The van der Waals surface area contributed by atoms with E-state index in [4.69, 9.17) is 22.1 Å². The van der Waals surface area contributed by atoms with Gasteiger partial charge >= 0.3 is 5.97 Å². The molecule has 22 heavy (non-hydrogen) atoms. The highest BCUT2D eigenvalue weighted by Gasteiger charge is 2.40. The average molecular weight is 347 g/mol. The van der Waals surface area contributed by atoms with Gasteiger partial charge in [-0.3, -0.25) is 9.59 Å². The number of sulfonamides is 1. The number of nitrogens with zero attached hydrogens (tertiary/aromatic N) is 1. The first-order chi connectivity index (χ1) is 10.3. The van der Waals surface area contributed by atoms with Crippen LogP contribution in [0.2, 0.25) is 5.02 Å². The summed E-state index contributed by atoms with van der Waals surface area (Å²) in [5.74, 6) is -1.56. The molecule has 1 aromatic carbocycles. The van der Waals surface area contributed by atoms with E-state index < -0.39 is 34.5 Å². The van der Waals surface area contributed by atoms with Crippen molar-refractivity contribution in [2.45, 2.75) is 23.8 Å². The van der Waals surface area contributed by atoms with Crippen molar-refractivity contribution in [3.05, 3.63) is 29.3 Å². The summed E-state index contributed by atoms with van der Waals surface area (Å²) >= 11 is 5.75. The number of carbonyl (C=O) groups is 2. The van der Waals surface area contributed by atoms with Crippen LogP contribution in [0.4, 0.5) is 0 Å². The summed E-state index contributed by atoms with van der Waals surface area (Å²) in [6, 6.07) is 4.74. The molecule has 0 aliphatic carbocycles. The molecular weight excluding hydrogens is 332 g/mol. The molecule has 7 nitrogen and oxygen atoms in total. The van der Waals surface area contributed by atoms with Crippen LogP contribution in [0.1, 0.15) is 12.8 Å². The number of rotatable bonds is 5. The van der Waals surface area contributed by atoms with Gasteiger partial charge in [0.15, 0.2) is 6.61 Å². The number of amides is 1. The van der Waals surface area contributed by atoms with Crippen molar-refractivity contribution in [3.63, 3.8) is 0 Å². The van der Waals surface area contributed by atoms with Crippen LogP contribution in [0.15, 0.2) is 29.2 Å². The lowest BCUT2D eigenvalue weighted by Gasteiger charge is -2.22. The summed E-state index contributed by atoms with van der Waals surface area (Å²) in [5, 5.41) is 0.415. The number of halogens is 1. The third-order valence-corrected chi connectivity index (χ3v) is 5.43. The van der Waals surface area contributed by atoms with Gasteiger partial charge in [-0.1, -0.05) is 11.6 Å². The zero-order valence-electron chi connectivity index (χ0n) is 11.6. The predicted octanol–water partition coefficient (Wildman–Crippen LogP) is 0.522. The fraction of sp³-hybridized carbons (Fsp3) is 0.385. The monoisotopic (exact) mass is 346 g/mol. The first-order valence-electron chi connectivity index (χ1n) is 6.55. The first kappa shape index (κ1) is 16.7. The predicted molar refractivity (Wildman–Crippen MR) is 78.5 cm³/mol. The lowest BCUT2D eigenvalue weighted by Crippen LogP contribution is -2.42. The Balaban J connectivity index is 2.20. The Labute approximate surface area is 133 Å². The lowest BCUT2D eigenvalue weighted by molar-refractivity contribution is -0.151. The van der Waals surface area contributed by atoms with Crippen molar-refractivity contribution in [2.75, 3.05) is 13.2 Å². The number of carbonyl (C=O) groups excluding carboxylic acids is 2. The Kier molecular flexibility index (Phi) is 5.05. The van der Waals surface area contributed by atoms with E-state index in [1.54, 1.807) is 0 Å². The van der Waals surface area contributed by atoms with Crippen LogP contribution in [0.25, 0.3) is 0 Å². The van der Waals surface area contributed by atoms with Crippen molar-refractivity contribution in [3.8, 4) is 0 Å². The Morgan fingerprint density at radius 3 is 2.55 bits per heavy atom. The molecule has 1 amide bonds. The molecule has 0 aromatic heterocycles. The normalized spacial score (nSPS) is 19.0. The molecule has 1 fully saturated rings. The molecule has 0 saturated carbocycles. The van der Waals surface area contributed by atoms with Crippen LogP contribution >= 0.6 is 11.6 Å². The van der Waals surface area contributed by atoms with Crippen LogP contribution in [-0.4, -0.2) is 43.8 Å². The number of nitrogens with two attached hydrogens (primary N) is 1. The van der Waals surface area contributed by atoms with Crippen molar-refractivity contribution >= 4 is 33.5 Å². The van der Waals surface area contributed by atoms with Crippen LogP contribution in [0, 0.1) is 0 Å². The minimum atomic E-state index is -3.83. The molecular formula is C13H15ClN2O5S. The van der Waals surface area contributed by atoms with Crippen molar-refractivity contribution in [1.29, 1.82) is 0 Å². The highest BCUT2D eigenvalue weighted by molar-refractivity contribution is 7.89. The summed E-state index contributed by atoms with van der Waals surface area (Å²) in [6.45, 7) is -0.356. The summed E-state index contributed by atoms with van der Waals surface area (Å²) in [7, 11) is -3.83. The average Bonchev–Trinajstić information content (AvgIpc) is 2.95. The third kappa shape index (κ3) is 3.57. The SMILES string of the molecule is NC(=O)COC(=O)[C@@H]1CCCN1S(=O)(=O)c1ccc(Cl)cc1. The molecule has 9 heteroatoms. The molecule has 0 radical (unpaired) electrons. The maximum absolute atomic E-state index is 12.6. The molecule has 2 rings (SSSR count). The van der Waals surface area contributed by atoms with Gasteiger partial charge in [0, 0.05) is 11.6 Å². The number of hydrogen-bond donors (Lipinski definition) is 1. The van der Waals surface area contributed by atoms with Crippen LogP contribution in [0.3, 0.4) is 0 Å². The summed E-state index contributed by atoms with van der Waals surface area (Å²) in [6.07, 6.45) is 0.869. The van der Waals surface area contributed by atoms with Gasteiger partial charge in [0.2, 0.25) is 10.0 Å². The standard InChI is InChI=1S/C13H15ClN2O5S/c14-9-3-5-10(6-4-9)22(19,20)16-7-1-2-11(16)13(18)21-8-12(15)17/h3-6,11H,1-2,7-8H2,(H2,15,17)/t11-/m0/s1. The fourth-order valence-corrected chi connectivity index (χ4v) is 4.02. The van der Waals surface area contributed by atoms with Crippen LogP contribution in [-0.2, 0) is 24.3 Å². The molecule has 1 aliphatic rings. The van der Waals surface area contributed by atoms with Crippen LogP contribution < -0.4 is 5.73 Å². The van der Waals surface area contributed by atoms with E-state index in [0.29, 0.717) is 17.9 Å². The zero-order valence-corrected chi connectivity index (χ0v) is 13.1. The highest BCUT2D eigenvalue weighted by atomic mass is 35.5. The molecule has 0 unspecified atom stereocenters. The molecule has 120 valence electrons. The van der Waals surface area contributed by atoms with Gasteiger partial charge in [-0.25, -0.2) is 8.42 Å². The second-order valence-corrected chi connectivity index (χ2v) is 7.13. The quantitative estimate of drug-likeness (QED) is 0.782. The zero-order chi connectivity index (χ0) is 16.3. The van der Waals surface area contributed by atoms with Crippen molar-refractivity contribution in [2.24, 2.45) is 5.73 Å². The molecule has 1 heterocycles. The van der Waals surface area contributed by atoms with E-state index in [1.807, 2.05) is 0 Å². The first-order valence-corrected chi connectivity index (χ1v) is 8.36. The van der Waals surface area contributed by atoms with Gasteiger partial charge in [-0.2, -0.15) is 4.31 Å². The summed E-state index contributed by atoms with van der Waals surface area (Å²) < 4.78 is 31.0. The molecule has 2 N–H and O–H groups in total. The maximum atomic E-state index is 12.6. The van der Waals surface area contributed by atoms with Gasteiger partial charge < -0.3 is 10.5 Å². The van der Waals surface area contributed by atoms with E-state index >= 15 is 0 Å². The van der Waals surface area contributed by atoms with E-state index in [0.717, 1.165) is 4.31 Å². The Morgan fingerprint density at radius 1 is 1.32 bits per heavy atom. The molecule has 1 aromatic rings. The molecule has 1 aliphatic heterocycles. The largest absolute Gasteiger partial charge is 0.454 e. The molecule has 1 atom stereocenters. The number of hydrogen-bond acceptors (Lipinski definition) is 5. The van der Waals surface area contributed by atoms with Gasteiger partial charge in [0.05, 0.1) is 4.90 Å². The molecule has 1 saturated heterocycles. The third-order valence-electron chi connectivity index (χ3n) is 3.25. The van der Waals surface area contributed by atoms with Crippen molar-refractivity contribution in [1.82, 2.24) is 4.31 Å². The number of ether oxygens (including phenoxy) is 1. The number of esters is 1. The number of benzene rings is 1. The van der Waals surface area contributed by atoms with Gasteiger partial charge in [0.25, 0.3) is 5.91 Å². The van der Waals surface area contributed by atoms with Crippen LogP contribution in [0.5, 0.6) is 0 Å². The minimum Gasteiger partial charge on any atom is -0.454 e. The number of primary amides is 1. The second-order valence-electron chi connectivity index (χ2n) is 4.80. The van der Waals surface area contributed by atoms with E-state index in [2.05, 4.69) is 0 Å². The Morgan fingerprint density at radius 2 is 1.95 bits per heavy atom. The van der Waals surface area contributed by atoms with E-state index in [-0.39, 0.29) is 11.4 Å². The fourth-order valence-electron chi connectivity index (χ4n) is 2.24. The topological polar surface area (TPSA) is 107 Å². The molecule has 0 bridgehead atoms. The van der Waals surface area contributed by atoms with Gasteiger partial charge in [0.1, 0.15) is 6.04 Å². The summed E-state index contributed by atoms with van der Waals surface area (Å²) in [4.78, 5) is 22.6. The van der Waals surface area contributed by atoms with Gasteiger partial charge in [-0.05, 0) is 37.1 Å². The lowest BCUT2D eigenvalue weighted by atomic mass is 10.2. The Hall–Kier alpha value is -1.64. The highest BCUT2D eigenvalue weighted by Crippen LogP contribution is 2.27. The van der Waals surface area contributed by atoms with E-state index in [1.165, 1.54) is 24.3 Å². The van der Waals surface area contributed by atoms with Crippen molar-refractivity contribution < 1.29 is 22.7 Å². The summed E-state index contributed by atoms with van der Waals surface area (Å²) in [5.41, 5.74) is 4.90. The second kappa shape index (κ2) is 6.64. The minimum absolute atomic E-state index is 0.0477. The van der Waals surface area contributed by atoms with E-state index in [9.17, 15) is 18.0 Å². The van der Waals surface area contributed by atoms with Gasteiger partial charge in [-0.15, -0.1) is 0 Å².